The van der Waals surface area contributed by atoms with Crippen LogP contribution in [0.5, 0.6) is 0 Å². The van der Waals surface area contributed by atoms with Crippen LogP contribution < -0.4 is 0 Å². The highest BCUT2D eigenvalue weighted by molar-refractivity contribution is 5.69. The summed E-state index contributed by atoms with van der Waals surface area (Å²) < 4.78 is 5.98. The number of ether oxygens (including phenoxy) is 1. The van der Waals surface area contributed by atoms with E-state index in [4.69, 9.17) is 9.84 Å². The highest BCUT2D eigenvalue weighted by Crippen LogP contribution is 2.19. The standard InChI is InChI=1S/C42H76O4/c1-3-5-7-9-11-13-15-17-18-19-20-21-23-25-27-29-35-39-42(45)46-40(37-33-30-31-34-38-41(43)44)36-32-28-26-24-22-16-14-12-10-8-6-4-2/h5,7,11,13,17-18,40H,3-4,6,8-10,12,14-16,19-39H2,1-2H3,(H,43,44)/b7-5-,13-11-,18-17-. The quantitative estimate of drug-likeness (QED) is 0.0419. The number of esters is 1. The Labute approximate surface area is 286 Å². The summed E-state index contributed by atoms with van der Waals surface area (Å²) in [7, 11) is 0. The fourth-order valence-electron chi connectivity index (χ4n) is 5.96. The fraction of sp³-hybridized carbons (Fsp3) is 0.810. The molecule has 0 rings (SSSR count). The Balaban J connectivity index is 3.98. The minimum absolute atomic E-state index is 0.0196. The lowest BCUT2D eigenvalue weighted by Gasteiger charge is -2.18. The van der Waals surface area contributed by atoms with Crippen molar-refractivity contribution in [3.63, 3.8) is 0 Å². The van der Waals surface area contributed by atoms with Gasteiger partial charge in [-0.05, 0) is 70.6 Å². The third-order valence-electron chi connectivity index (χ3n) is 8.88. The molecule has 1 atom stereocenters. The van der Waals surface area contributed by atoms with Crippen LogP contribution in [-0.2, 0) is 14.3 Å². The predicted molar refractivity (Wildman–Crippen MR) is 199 cm³/mol. The largest absolute Gasteiger partial charge is 0.481 e. The molecule has 0 radical (unpaired) electrons. The molecule has 0 saturated carbocycles. The maximum Gasteiger partial charge on any atom is 0.306 e. The van der Waals surface area contributed by atoms with E-state index in [-0.39, 0.29) is 18.5 Å². The van der Waals surface area contributed by atoms with E-state index in [0.717, 1.165) is 77.0 Å². The predicted octanol–water partition coefficient (Wildman–Crippen LogP) is 13.8. The molecule has 0 aliphatic rings. The van der Waals surface area contributed by atoms with Crippen molar-refractivity contribution in [2.75, 3.05) is 0 Å². The van der Waals surface area contributed by atoms with Crippen LogP contribution in [0.15, 0.2) is 36.5 Å². The molecule has 1 unspecified atom stereocenters. The number of hydrogen-bond acceptors (Lipinski definition) is 3. The van der Waals surface area contributed by atoms with Crippen molar-refractivity contribution in [1.82, 2.24) is 0 Å². The Kier molecular flexibility index (Phi) is 36.1. The van der Waals surface area contributed by atoms with E-state index in [2.05, 4.69) is 50.3 Å². The van der Waals surface area contributed by atoms with E-state index in [1.54, 1.807) is 0 Å². The van der Waals surface area contributed by atoms with Gasteiger partial charge in [0.1, 0.15) is 6.10 Å². The van der Waals surface area contributed by atoms with E-state index >= 15 is 0 Å². The molecule has 0 spiro atoms. The van der Waals surface area contributed by atoms with Gasteiger partial charge >= 0.3 is 11.9 Å². The molecule has 0 saturated heterocycles. The number of aliphatic carboxylic acids is 1. The van der Waals surface area contributed by atoms with E-state index in [0.29, 0.717) is 6.42 Å². The lowest BCUT2D eigenvalue weighted by atomic mass is 10.0. The first-order chi connectivity index (χ1) is 22.6. The second-order valence-electron chi connectivity index (χ2n) is 13.4. The van der Waals surface area contributed by atoms with Crippen LogP contribution in [0.4, 0.5) is 0 Å². The molecule has 0 aromatic rings. The van der Waals surface area contributed by atoms with Crippen LogP contribution in [-0.4, -0.2) is 23.1 Å². The third-order valence-corrected chi connectivity index (χ3v) is 8.88. The summed E-state index contributed by atoms with van der Waals surface area (Å²) in [6.07, 6.45) is 48.7. The number of carboxylic acids is 1. The molecule has 0 aromatic carbocycles. The van der Waals surface area contributed by atoms with Crippen LogP contribution >= 0.6 is 0 Å². The van der Waals surface area contributed by atoms with Crippen molar-refractivity contribution in [2.45, 2.75) is 219 Å². The van der Waals surface area contributed by atoms with Gasteiger partial charge in [0.25, 0.3) is 0 Å². The molecule has 1 N–H and O–H groups in total. The number of unbranched alkanes of at least 4 members (excludes halogenated alkanes) is 21. The summed E-state index contributed by atoms with van der Waals surface area (Å²) in [5, 5.41) is 8.85. The topological polar surface area (TPSA) is 63.6 Å². The van der Waals surface area contributed by atoms with Gasteiger partial charge < -0.3 is 9.84 Å². The number of rotatable bonds is 36. The van der Waals surface area contributed by atoms with Crippen LogP contribution in [0.25, 0.3) is 0 Å². The zero-order chi connectivity index (χ0) is 33.6. The molecule has 4 nitrogen and oxygen atoms in total. The molecule has 268 valence electrons. The maximum absolute atomic E-state index is 12.6. The summed E-state index contributed by atoms with van der Waals surface area (Å²) in [5.74, 6) is -0.731. The zero-order valence-corrected chi connectivity index (χ0v) is 30.6. The Morgan fingerprint density at radius 3 is 1.41 bits per heavy atom. The van der Waals surface area contributed by atoms with Gasteiger partial charge in [-0.15, -0.1) is 0 Å². The summed E-state index contributed by atoms with van der Waals surface area (Å²) in [5.41, 5.74) is 0. The van der Waals surface area contributed by atoms with Crippen LogP contribution in [0, 0.1) is 0 Å². The van der Waals surface area contributed by atoms with Gasteiger partial charge in [0.05, 0.1) is 0 Å². The number of carbonyl (C=O) groups is 2. The normalized spacial score (nSPS) is 12.6. The monoisotopic (exact) mass is 645 g/mol. The van der Waals surface area contributed by atoms with Crippen molar-refractivity contribution in [3.05, 3.63) is 36.5 Å². The van der Waals surface area contributed by atoms with Crippen molar-refractivity contribution >= 4 is 11.9 Å². The van der Waals surface area contributed by atoms with Gasteiger partial charge in [0.2, 0.25) is 0 Å². The first-order valence-electron chi connectivity index (χ1n) is 20.0. The lowest BCUT2D eigenvalue weighted by molar-refractivity contribution is -0.150. The Morgan fingerprint density at radius 1 is 0.500 bits per heavy atom. The first kappa shape index (κ1) is 44.2. The van der Waals surface area contributed by atoms with Gasteiger partial charge in [-0.3, -0.25) is 9.59 Å². The van der Waals surface area contributed by atoms with E-state index in [9.17, 15) is 9.59 Å². The molecule has 46 heavy (non-hydrogen) atoms. The minimum Gasteiger partial charge on any atom is -0.481 e. The Bertz CT molecular complexity index is 738. The second kappa shape index (κ2) is 37.6. The summed E-state index contributed by atoms with van der Waals surface area (Å²) >= 11 is 0. The summed E-state index contributed by atoms with van der Waals surface area (Å²) in [4.78, 5) is 23.4. The van der Waals surface area contributed by atoms with E-state index in [1.807, 2.05) is 0 Å². The Morgan fingerprint density at radius 2 is 0.913 bits per heavy atom. The molecular weight excluding hydrogens is 568 g/mol. The lowest BCUT2D eigenvalue weighted by Crippen LogP contribution is -2.18. The maximum atomic E-state index is 12.6. The average Bonchev–Trinajstić information content (AvgIpc) is 3.04. The van der Waals surface area contributed by atoms with Crippen molar-refractivity contribution in [3.8, 4) is 0 Å². The van der Waals surface area contributed by atoms with E-state index < -0.39 is 5.97 Å². The SMILES string of the molecule is CC/C=C\C/C=C\C/C=C\CCCCCCCCCC(=O)OC(CCCCCCCCCCCCCC)CCCCCCC(=O)O. The summed E-state index contributed by atoms with van der Waals surface area (Å²) in [6.45, 7) is 4.44. The molecule has 0 amide bonds. The molecule has 4 heteroatoms. The smallest absolute Gasteiger partial charge is 0.306 e. The van der Waals surface area contributed by atoms with Crippen LogP contribution in [0.3, 0.4) is 0 Å². The molecule has 0 aliphatic carbocycles. The van der Waals surface area contributed by atoms with Gasteiger partial charge in [0, 0.05) is 12.8 Å². The molecule has 0 aliphatic heterocycles. The number of allylic oxidation sites excluding steroid dienone is 6. The van der Waals surface area contributed by atoms with Crippen molar-refractivity contribution in [1.29, 1.82) is 0 Å². The van der Waals surface area contributed by atoms with Gasteiger partial charge in [-0.2, -0.15) is 0 Å². The van der Waals surface area contributed by atoms with Crippen LogP contribution in [0.2, 0.25) is 0 Å². The molecular formula is C42H76O4. The Hall–Kier alpha value is -1.84. The number of hydrogen-bond donors (Lipinski definition) is 1. The fourth-order valence-corrected chi connectivity index (χ4v) is 5.96. The number of carbonyl (C=O) groups excluding carboxylic acids is 1. The molecule has 0 heterocycles. The van der Waals surface area contributed by atoms with Crippen molar-refractivity contribution < 1.29 is 19.4 Å². The molecule has 0 aromatic heterocycles. The highest BCUT2D eigenvalue weighted by Gasteiger charge is 2.14. The van der Waals surface area contributed by atoms with Crippen molar-refractivity contribution in [2.24, 2.45) is 0 Å². The zero-order valence-electron chi connectivity index (χ0n) is 30.6. The minimum atomic E-state index is -0.711. The van der Waals surface area contributed by atoms with Gasteiger partial charge in [-0.1, -0.05) is 166 Å². The average molecular weight is 645 g/mol. The third kappa shape index (κ3) is 36.6. The molecule has 0 bridgehead atoms. The summed E-state index contributed by atoms with van der Waals surface area (Å²) in [6, 6.07) is 0. The van der Waals surface area contributed by atoms with E-state index in [1.165, 1.54) is 109 Å². The number of carboxylic acid groups (broad SMARTS) is 1. The van der Waals surface area contributed by atoms with Gasteiger partial charge in [-0.25, -0.2) is 0 Å². The van der Waals surface area contributed by atoms with Gasteiger partial charge in [0.15, 0.2) is 0 Å². The molecule has 0 fully saturated rings. The highest BCUT2D eigenvalue weighted by atomic mass is 16.5. The first-order valence-corrected chi connectivity index (χ1v) is 20.0. The van der Waals surface area contributed by atoms with Crippen LogP contribution in [0.1, 0.15) is 213 Å². The second-order valence-corrected chi connectivity index (χ2v) is 13.4.